The molecule has 1 aromatic carbocycles. The highest BCUT2D eigenvalue weighted by Gasteiger charge is 2.30. The van der Waals surface area contributed by atoms with Crippen molar-refractivity contribution in [1.29, 1.82) is 0 Å². The first-order valence-electron chi connectivity index (χ1n) is 5.76. The number of nitrogens with zero attached hydrogens (tertiary/aromatic N) is 1. The molecule has 1 atom stereocenters. The monoisotopic (exact) mass is 285 g/mol. The molecule has 7 heteroatoms. The number of aryl methyl sites for hydroxylation is 2. The number of para-hydroxylation sites is 1. The van der Waals surface area contributed by atoms with Gasteiger partial charge in [0, 0.05) is 0 Å². The van der Waals surface area contributed by atoms with Crippen LogP contribution in [0.3, 0.4) is 0 Å². The zero-order valence-electron chi connectivity index (χ0n) is 11.5. The summed E-state index contributed by atoms with van der Waals surface area (Å²) in [7, 11) is -3.60. The minimum absolute atomic E-state index is 0.515. The average molecular weight is 285 g/mol. The summed E-state index contributed by atoms with van der Waals surface area (Å²) in [5, 5.41) is 0. The zero-order chi connectivity index (χ0) is 14.8. The minimum atomic E-state index is -3.60. The molecule has 6 nitrogen and oxygen atoms in total. The van der Waals surface area contributed by atoms with Crippen LogP contribution in [0, 0.1) is 13.8 Å². The molecule has 19 heavy (non-hydrogen) atoms. The largest absolute Gasteiger partial charge is 0.292 e. The van der Waals surface area contributed by atoms with Gasteiger partial charge in [0.15, 0.2) is 0 Å². The Labute approximate surface area is 113 Å². The van der Waals surface area contributed by atoms with Gasteiger partial charge in [-0.15, -0.1) is 0 Å². The third kappa shape index (κ3) is 3.24. The molecule has 0 spiro atoms. The highest BCUT2D eigenvalue weighted by molar-refractivity contribution is 7.92. The lowest BCUT2D eigenvalue weighted by atomic mass is 10.1. The van der Waals surface area contributed by atoms with Gasteiger partial charge in [0.25, 0.3) is 5.91 Å². The maximum absolute atomic E-state index is 12.0. The van der Waals surface area contributed by atoms with Gasteiger partial charge in [-0.25, -0.2) is 14.3 Å². The Morgan fingerprint density at radius 1 is 1.32 bits per heavy atom. The first kappa shape index (κ1) is 15.5. The Morgan fingerprint density at radius 2 is 1.79 bits per heavy atom. The number of amides is 1. The number of carbonyl (C=O) groups is 1. The van der Waals surface area contributed by atoms with E-state index in [4.69, 9.17) is 5.84 Å². The predicted octanol–water partition coefficient (Wildman–Crippen LogP) is 0.448. The van der Waals surface area contributed by atoms with Crippen molar-refractivity contribution in [2.24, 2.45) is 5.84 Å². The average Bonchev–Trinajstić information content (AvgIpc) is 2.30. The SMILES string of the molecule is Cc1cccc(C)c1N(C(C)C(=O)NN)S(C)(=O)=O. The summed E-state index contributed by atoms with van der Waals surface area (Å²) < 4.78 is 25.1. The van der Waals surface area contributed by atoms with Gasteiger partial charge in [0.05, 0.1) is 11.9 Å². The Hall–Kier alpha value is -1.60. The van der Waals surface area contributed by atoms with Gasteiger partial charge >= 0.3 is 0 Å². The van der Waals surface area contributed by atoms with Crippen LogP contribution >= 0.6 is 0 Å². The van der Waals surface area contributed by atoms with Gasteiger partial charge in [-0.05, 0) is 31.9 Å². The fraction of sp³-hybridized carbons (Fsp3) is 0.417. The van der Waals surface area contributed by atoms with Crippen molar-refractivity contribution in [3.05, 3.63) is 29.3 Å². The van der Waals surface area contributed by atoms with Gasteiger partial charge in [0.2, 0.25) is 10.0 Å². The number of carbonyl (C=O) groups excluding carboxylic acids is 1. The molecule has 3 N–H and O–H groups in total. The third-order valence-corrected chi connectivity index (χ3v) is 4.10. The molecule has 0 heterocycles. The van der Waals surface area contributed by atoms with E-state index >= 15 is 0 Å². The van der Waals surface area contributed by atoms with Crippen molar-refractivity contribution in [1.82, 2.24) is 5.43 Å². The van der Waals surface area contributed by atoms with Crippen LogP contribution < -0.4 is 15.6 Å². The van der Waals surface area contributed by atoms with E-state index < -0.39 is 22.0 Å². The molecule has 0 bridgehead atoms. The molecule has 1 rings (SSSR count). The molecular formula is C12H19N3O3S. The topological polar surface area (TPSA) is 92.5 Å². The number of hydrazine groups is 1. The van der Waals surface area contributed by atoms with Gasteiger partial charge in [-0.2, -0.15) is 0 Å². The Balaban J connectivity index is 3.47. The van der Waals surface area contributed by atoms with Crippen LogP contribution in [-0.4, -0.2) is 26.6 Å². The second-order valence-corrected chi connectivity index (χ2v) is 6.34. The molecular weight excluding hydrogens is 266 g/mol. The van der Waals surface area contributed by atoms with E-state index in [1.54, 1.807) is 26.0 Å². The molecule has 1 unspecified atom stereocenters. The summed E-state index contributed by atoms with van der Waals surface area (Å²) in [5.41, 5.74) is 4.06. The van der Waals surface area contributed by atoms with E-state index in [0.29, 0.717) is 5.69 Å². The van der Waals surface area contributed by atoms with Crippen LogP contribution in [0.1, 0.15) is 18.1 Å². The third-order valence-electron chi connectivity index (χ3n) is 2.89. The maximum atomic E-state index is 12.0. The first-order chi connectivity index (χ1) is 8.70. The molecule has 0 aliphatic carbocycles. The lowest BCUT2D eigenvalue weighted by Crippen LogP contribution is -2.50. The van der Waals surface area contributed by atoms with Crippen LogP contribution in [0.4, 0.5) is 5.69 Å². The maximum Gasteiger partial charge on any atom is 0.257 e. The molecule has 0 aliphatic heterocycles. The Bertz CT molecular complexity index is 564. The van der Waals surface area contributed by atoms with E-state index in [-0.39, 0.29) is 0 Å². The van der Waals surface area contributed by atoms with Crippen molar-refractivity contribution >= 4 is 21.6 Å². The van der Waals surface area contributed by atoms with Crippen LogP contribution in [0.2, 0.25) is 0 Å². The van der Waals surface area contributed by atoms with E-state index in [2.05, 4.69) is 0 Å². The molecule has 0 fully saturated rings. The Kier molecular flexibility index (Phi) is 4.54. The van der Waals surface area contributed by atoms with Gasteiger partial charge in [-0.3, -0.25) is 14.5 Å². The number of hydrogen-bond donors (Lipinski definition) is 2. The standard InChI is InChI=1S/C12H19N3O3S/c1-8-6-5-7-9(2)11(8)15(19(4,17)18)10(3)12(16)14-13/h5-7,10H,13H2,1-4H3,(H,14,16). The Morgan fingerprint density at radius 3 is 2.16 bits per heavy atom. The molecule has 1 amide bonds. The fourth-order valence-corrected chi connectivity index (χ4v) is 3.32. The minimum Gasteiger partial charge on any atom is -0.292 e. The number of sulfonamides is 1. The van der Waals surface area contributed by atoms with Gasteiger partial charge in [-0.1, -0.05) is 18.2 Å². The van der Waals surface area contributed by atoms with Crippen LogP contribution in [0.15, 0.2) is 18.2 Å². The summed E-state index contributed by atoms with van der Waals surface area (Å²) in [5.74, 6) is 4.53. The number of nitrogens with one attached hydrogen (secondary N) is 1. The summed E-state index contributed by atoms with van der Waals surface area (Å²) in [6.45, 7) is 5.09. The molecule has 0 aromatic heterocycles. The molecule has 0 radical (unpaired) electrons. The highest BCUT2D eigenvalue weighted by Crippen LogP contribution is 2.28. The van der Waals surface area contributed by atoms with E-state index in [0.717, 1.165) is 21.7 Å². The first-order valence-corrected chi connectivity index (χ1v) is 7.61. The number of nitrogens with two attached hydrogens (primary N) is 1. The normalized spacial score (nSPS) is 12.9. The van der Waals surface area contributed by atoms with Crippen molar-refractivity contribution in [2.45, 2.75) is 26.8 Å². The molecule has 0 aliphatic rings. The van der Waals surface area contributed by atoms with Gasteiger partial charge < -0.3 is 0 Å². The van der Waals surface area contributed by atoms with Crippen molar-refractivity contribution in [3.63, 3.8) is 0 Å². The smallest absolute Gasteiger partial charge is 0.257 e. The zero-order valence-corrected chi connectivity index (χ0v) is 12.3. The van der Waals surface area contributed by atoms with Crippen LogP contribution in [-0.2, 0) is 14.8 Å². The van der Waals surface area contributed by atoms with Crippen molar-refractivity contribution < 1.29 is 13.2 Å². The van der Waals surface area contributed by atoms with Crippen molar-refractivity contribution in [2.75, 3.05) is 10.6 Å². The number of anilines is 1. The van der Waals surface area contributed by atoms with Gasteiger partial charge in [0.1, 0.15) is 6.04 Å². The van der Waals surface area contributed by atoms with Crippen molar-refractivity contribution in [3.8, 4) is 0 Å². The molecule has 0 saturated heterocycles. The van der Waals surface area contributed by atoms with Crippen LogP contribution in [0.5, 0.6) is 0 Å². The summed E-state index contributed by atoms with van der Waals surface area (Å²) in [6.07, 6.45) is 1.07. The van der Waals surface area contributed by atoms with Crippen LogP contribution in [0.25, 0.3) is 0 Å². The lowest BCUT2D eigenvalue weighted by molar-refractivity contribution is -0.121. The number of benzene rings is 1. The second-order valence-electron chi connectivity index (χ2n) is 4.48. The fourth-order valence-electron chi connectivity index (χ4n) is 2.03. The molecule has 106 valence electrons. The summed E-state index contributed by atoms with van der Waals surface area (Å²) in [4.78, 5) is 11.7. The number of rotatable bonds is 4. The summed E-state index contributed by atoms with van der Waals surface area (Å²) in [6, 6.07) is 4.52. The predicted molar refractivity (Wildman–Crippen MR) is 75.0 cm³/mol. The van der Waals surface area contributed by atoms with E-state index in [1.165, 1.54) is 6.92 Å². The highest BCUT2D eigenvalue weighted by atomic mass is 32.2. The summed E-state index contributed by atoms with van der Waals surface area (Å²) >= 11 is 0. The lowest BCUT2D eigenvalue weighted by Gasteiger charge is -2.30. The quantitative estimate of drug-likeness (QED) is 0.477. The number of hydrogen-bond acceptors (Lipinski definition) is 4. The molecule has 0 saturated carbocycles. The van der Waals surface area contributed by atoms with E-state index in [1.807, 2.05) is 11.5 Å². The van der Waals surface area contributed by atoms with E-state index in [9.17, 15) is 13.2 Å². The second kappa shape index (κ2) is 5.58. The molecule has 1 aromatic rings.